The molecule has 0 fully saturated rings. The monoisotopic (exact) mass is 498 g/mol. The van der Waals surface area contributed by atoms with Crippen molar-refractivity contribution in [3.05, 3.63) is 65.2 Å². The van der Waals surface area contributed by atoms with Crippen molar-refractivity contribution >= 4 is 23.4 Å². The van der Waals surface area contributed by atoms with Crippen LogP contribution in [0.25, 0.3) is 11.3 Å². The average molecular weight is 499 g/mol. The predicted octanol–water partition coefficient (Wildman–Crippen LogP) is 4.66. The number of nitrogens with one attached hydrogen (secondary N) is 1. The Morgan fingerprint density at radius 1 is 1.09 bits per heavy atom. The van der Waals surface area contributed by atoms with Crippen LogP contribution in [-0.4, -0.2) is 38.4 Å². The molecule has 3 aromatic rings. The number of hydrogen-bond donors (Lipinski definition) is 3. The number of nitrogens with zero attached hydrogens (tertiary/aromatic N) is 2. The molecule has 0 spiro atoms. The van der Waals surface area contributed by atoms with Gasteiger partial charge in [0.05, 0.1) is 10.6 Å². The lowest BCUT2D eigenvalue weighted by Gasteiger charge is -2.16. The lowest BCUT2D eigenvalue weighted by molar-refractivity contribution is -0.122. The number of carboxylic acid groups (broad SMARTS) is 1. The highest BCUT2D eigenvalue weighted by molar-refractivity contribution is 7.86. The molecule has 0 aliphatic heterocycles. The van der Waals surface area contributed by atoms with Crippen LogP contribution < -0.4 is 15.2 Å². The molecule has 8 nitrogen and oxygen atoms in total. The summed E-state index contributed by atoms with van der Waals surface area (Å²) >= 11 is 0. The Morgan fingerprint density at radius 3 is 2.31 bits per heavy atom. The number of nitrogens with two attached hydrogens (primary N) is 1. The van der Waals surface area contributed by atoms with Crippen LogP contribution in [0.3, 0.4) is 0 Å². The maximum Gasteiger partial charge on any atom is 0.290 e. The number of anilines is 1. The standard InChI is InChI=1S/C25H32N4O2S.CH2O2/c1-16(2)12-20(26)15-31-23-14-22(24-18(4)9-7-10-19(24)5)27-25(28-23)29-32(30)21-11-6-8-17(3)13-21;2-1-3/h6-11,13-14,16,20H,12,15,26H2,1-5H3,(H,27,28,29);1H,(H,2,3). The first-order valence-corrected chi connectivity index (χ1v) is 12.5. The summed E-state index contributed by atoms with van der Waals surface area (Å²) in [6, 6.07) is 15.4. The second kappa shape index (κ2) is 13.6. The molecule has 2 atom stereocenters. The van der Waals surface area contributed by atoms with Crippen LogP contribution in [0.15, 0.2) is 53.4 Å². The number of carbonyl (C=O) groups is 1. The van der Waals surface area contributed by atoms with Gasteiger partial charge in [0.15, 0.2) is 11.0 Å². The molecule has 0 saturated heterocycles. The van der Waals surface area contributed by atoms with E-state index >= 15 is 0 Å². The minimum absolute atomic E-state index is 0.0913. The summed E-state index contributed by atoms with van der Waals surface area (Å²) in [4.78, 5) is 18.1. The minimum atomic E-state index is -1.50. The molecule has 0 radical (unpaired) electrons. The quantitative estimate of drug-likeness (QED) is 0.366. The van der Waals surface area contributed by atoms with E-state index in [4.69, 9.17) is 20.4 Å². The molecular formula is C26H34N4O4S. The molecule has 0 saturated carbocycles. The summed E-state index contributed by atoms with van der Waals surface area (Å²) in [6.07, 6.45) is 0.858. The lowest BCUT2D eigenvalue weighted by atomic mass is 10.00. The highest BCUT2D eigenvalue weighted by atomic mass is 32.2. The summed E-state index contributed by atoms with van der Waals surface area (Å²) < 4.78 is 21.8. The predicted molar refractivity (Wildman–Crippen MR) is 140 cm³/mol. The molecule has 9 heteroatoms. The number of benzene rings is 2. The van der Waals surface area contributed by atoms with Crippen LogP contribution in [0.1, 0.15) is 37.0 Å². The van der Waals surface area contributed by atoms with Gasteiger partial charge in [0.1, 0.15) is 6.61 Å². The van der Waals surface area contributed by atoms with Gasteiger partial charge in [-0.15, -0.1) is 0 Å². The topological polar surface area (TPSA) is 127 Å². The van der Waals surface area contributed by atoms with E-state index in [1.54, 1.807) is 0 Å². The Morgan fingerprint density at radius 2 is 1.71 bits per heavy atom. The van der Waals surface area contributed by atoms with Gasteiger partial charge in [0, 0.05) is 17.7 Å². The zero-order valence-electron chi connectivity index (χ0n) is 20.8. The molecule has 2 unspecified atom stereocenters. The van der Waals surface area contributed by atoms with Crippen LogP contribution in [0.5, 0.6) is 5.88 Å². The number of ether oxygens (including phenoxy) is 1. The lowest BCUT2D eigenvalue weighted by Crippen LogP contribution is -2.29. The van der Waals surface area contributed by atoms with E-state index in [1.165, 1.54) is 0 Å². The first-order valence-electron chi connectivity index (χ1n) is 11.3. The van der Waals surface area contributed by atoms with Crippen LogP contribution in [0, 0.1) is 26.7 Å². The highest BCUT2D eigenvalue weighted by Gasteiger charge is 2.15. The van der Waals surface area contributed by atoms with Crippen molar-refractivity contribution in [1.82, 2.24) is 9.97 Å². The molecular weight excluding hydrogens is 464 g/mol. The zero-order valence-corrected chi connectivity index (χ0v) is 21.6. The van der Waals surface area contributed by atoms with Crippen molar-refractivity contribution in [2.75, 3.05) is 11.3 Å². The molecule has 0 amide bonds. The van der Waals surface area contributed by atoms with Gasteiger partial charge in [0.25, 0.3) is 6.47 Å². The first-order chi connectivity index (χ1) is 16.6. The summed E-state index contributed by atoms with van der Waals surface area (Å²) in [5.41, 5.74) is 11.1. The maximum atomic E-state index is 12.9. The molecule has 3 rings (SSSR count). The SMILES string of the molecule is Cc1cccc(S(=O)Nc2nc(OCC(N)CC(C)C)cc(-c3c(C)cccc3C)n2)c1.O=CO. The average Bonchev–Trinajstić information content (AvgIpc) is 2.78. The van der Waals surface area contributed by atoms with Gasteiger partial charge in [-0.1, -0.05) is 44.2 Å². The number of rotatable bonds is 9. The Labute approximate surface area is 209 Å². The molecule has 1 heterocycles. The highest BCUT2D eigenvalue weighted by Crippen LogP contribution is 2.29. The van der Waals surface area contributed by atoms with Crippen molar-refractivity contribution in [2.45, 2.75) is 52.0 Å². The van der Waals surface area contributed by atoms with Crippen molar-refractivity contribution < 1.29 is 18.8 Å². The van der Waals surface area contributed by atoms with Gasteiger partial charge in [0.2, 0.25) is 11.8 Å². The number of aromatic nitrogens is 2. The van der Waals surface area contributed by atoms with Gasteiger partial charge >= 0.3 is 0 Å². The van der Waals surface area contributed by atoms with Crippen LogP contribution in [0.4, 0.5) is 5.95 Å². The van der Waals surface area contributed by atoms with Crippen LogP contribution in [0.2, 0.25) is 0 Å². The number of aryl methyl sites for hydroxylation is 3. The van der Waals surface area contributed by atoms with Crippen molar-refractivity contribution in [3.63, 3.8) is 0 Å². The van der Waals surface area contributed by atoms with Crippen molar-refractivity contribution in [3.8, 4) is 17.1 Å². The van der Waals surface area contributed by atoms with E-state index < -0.39 is 11.0 Å². The summed E-state index contributed by atoms with van der Waals surface area (Å²) in [7, 11) is -1.50. The third kappa shape index (κ3) is 8.77. The third-order valence-electron chi connectivity index (χ3n) is 5.05. The van der Waals surface area contributed by atoms with E-state index in [0.29, 0.717) is 29.0 Å². The van der Waals surface area contributed by atoms with E-state index in [-0.39, 0.29) is 18.5 Å². The van der Waals surface area contributed by atoms with Crippen LogP contribution >= 0.6 is 0 Å². The van der Waals surface area contributed by atoms with Gasteiger partial charge in [-0.3, -0.25) is 9.52 Å². The van der Waals surface area contributed by atoms with E-state index in [2.05, 4.69) is 28.5 Å². The second-order valence-corrected chi connectivity index (χ2v) is 9.89. The smallest absolute Gasteiger partial charge is 0.290 e. The largest absolute Gasteiger partial charge is 0.483 e. The Balaban J connectivity index is 0.00000137. The summed E-state index contributed by atoms with van der Waals surface area (Å²) in [5.74, 6) is 1.14. The maximum absolute atomic E-state index is 12.9. The third-order valence-corrected chi connectivity index (χ3v) is 6.10. The van der Waals surface area contributed by atoms with Gasteiger partial charge < -0.3 is 15.6 Å². The van der Waals surface area contributed by atoms with E-state index in [9.17, 15) is 4.21 Å². The van der Waals surface area contributed by atoms with Crippen molar-refractivity contribution in [1.29, 1.82) is 0 Å². The van der Waals surface area contributed by atoms with Gasteiger partial charge in [-0.2, -0.15) is 4.98 Å². The Kier molecular flexibility index (Phi) is 10.8. The zero-order chi connectivity index (χ0) is 26.0. The summed E-state index contributed by atoms with van der Waals surface area (Å²) in [6.45, 7) is 10.4. The fourth-order valence-electron chi connectivity index (χ4n) is 3.63. The first kappa shape index (κ1) is 27.9. The summed E-state index contributed by atoms with van der Waals surface area (Å²) in [5, 5.41) is 6.89. The van der Waals surface area contributed by atoms with E-state index in [1.807, 2.05) is 69.3 Å². The Hall–Kier alpha value is -3.30. The molecule has 1 aromatic heterocycles. The minimum Gasteiger partial charge on any atom is -0.483 e. The molecule has 4 N–H and O–H groups in total. The van der Waals surface area contributed by atoms with Gasteiger partial charge in [-0.25, -0.2) is 9.19 Å². The molecule has 188 valence electrons. The molecule has 0 aliphatic carbocycles. The number of hydrogen-bond acceptors (Lipinski definition) is 6. The van der Waals surface area contributed by atoms with E-state index in [0.717, 1.165) is 28.7 Å². The molecule has 0 aliphatic rings. The molecule has 0 bridgehead atoms. The Bertz CT molecular complexity index is 1130. The fraction of sp³-hybridized carbons (Fsp3) is 0.346. The van der Waals surface area contributed by atoms with Crippen molar-refractivity contribution in [2.24, 2.45) is 11.7 Å². The van der Waals surface area contributed by atoms with Gasteiger partial charge in [-0.05, 0) is 61.9 Å². The normalized spacial score (nSPS) is 12.3. The van der Waals surface area contributed by atoms with Crippen LogP contribution in [-0.2, 0) is 15.8 Å². The fourth-order valence-corrected chi connectivity index (χ4v) is 4.50. The molecule has 35 heavy (non-hydrogen) atoms. The molecule has 2 aromatic carbocycles. The second-order valence-electron chi connectivity index (χ2n) is 8.68.